The van der Waals surface area contributed by atoms with Crippen LogP contribution in [0.25, 0.3) is 10.1 Å². The van der Waals surface area contributed by atoms with Crippen molar-refractivity contribution in [2.75, 3.05) is 13.6 Å². The topological polar surface area (TPSA) is 40.5 Å². The van der Waals surface area contributed by atoms with Gasteiger partial charge in [0.2, 0.25) is 0 Å². The molecule has 0 amide bonds. The number of fused-ring (bicyclic) bond motifs is 1. The lowest BCUT2D eigenvalue weighted by molar-refractivity contribution is 0.0699. The first-order valence-corrected chi connectivity index (χ1v) is 6.51. The van der Waals surface area contributed by atoms with Gasteiger partial charge < -0.3 is 5.11 Å². The molecule has 2 aromatic rings. The quantitative estimate of drug-likeness (QED) is 0.916. The van der Waals surface area contributed by atoms with Crippen LogP contribution in [-0.2, 0) is 6.54 Å². The molecular formula is C13H13F2NO2S. The third-order valence-corrected chi connectivity index (χ3v) is 3.97. The van der Waals surface area contributed by atoms with Crippen molar-refractivity contribution in [2.24, 2.45) is 0 Å². The molecule has 0 fully saturated rings. The molecule has 1 aromatic heterocycles. The normalized spacial score (nSPS) is 11.6. The molecule has 2 rings (SSSR count). The predicted molar refractivity (Wildman–Crippen MR) is 71.1 cm³/mol. The van der Waals surface area contributed by atoms with Crippen molar-refractivity contribution in [3.05, 3.63) is 34.7 Å². The van der Waals surface area contributed by atoms with Crippen molar-refractivity contribution in [2.45, 2.75) is 13.0 Å². The molecule has 0 aliphatic heterocycles. The van der Waals surface area contributed by atoms with E-state index in [9.17, 15) is 18.7 Å². The maximum absolute atomic E-state index is 12.3. The van der Waals surface area contributed by atoms with Gasteiger partial charge >= 0.3 is 5.97 Å². The van der Waals surface area contributed by atoms with Gasteiger partial charge in [-0.3, -0.25) is 4.90 Å². The van der Waals surface area contributed by atoms with E-state index in [1.54, 1.807) is 7.05 Å². The average molecular weight is 285 g/mol. The number of aromatic carboxylic acids is 1. The summed E-state index contributed by atoms with van der Waals surface area (Å²) in [6, 6.07) is 7.31. The van der Waals surface area contributed by atoms with Gasteiger partial charge in [0, 0.05) is 11.2 Å². The van der Waals surface area contributed by atoms with Crippen LogP contribution in [0.5, 0.6) is 0 Å². The molecule has 0 bridgehead atoms. The van der Waals surface area contributed by atoms with Gasteiger partial charge in [-0.15, -0.1) is 11.3 Å². The Bertz CT molecular complexity index is 597. The summed E-state index contributed by atoms with van der Waals surface area (Å²) in [4.78, 5) is 12.9. The molecule has 0 aliphatic carbocycles. The Hall–Kier alpha value is -1.53. The van der Waals surface area contributed by atoms with Gasteiger partial charge in [-0.05, 0) is 24.1 Å². The number of benzene rings is 1. The molecular weight excluding hydrogens is 272 g/mol. The number of nitrogens with zero attached hydrogens (tertiary/aromatic N) is 1. The number of hydrogen-bond donors (Lipinski definition) is 1. The van der Waals surface area contributed by atoms with Crippen LogP contribution in [0.4, 0.5) is 8.78 Å². The fraction of sp³-hybridized carbons (Fsp3) is 0.308. The minimum Gasteiger partial charge on any atom is -0.477 e. The summed E-state index contributed by atoms with van der Waals surface area (Å²) in [5, 5.41) is 10.0. The number of thiophene rings is 1. The largest absolute Gasteiger partial charge is 0.477 e. The van der Waals surface area contributed by atoms with Crippen molar-refractivity contribution in [3.8, 4) is 0 Å². The zero-order chi connectivity index (χ0) is 14.0. The Morgan fingerprint density at radius 1 is 1.42 bits per heavy atom. The van der Waals surface area contributed by atoms with E-state index >= 15 is 0 Å². The van der Waals surface area contributed by atoms with Gasteiger partial charge in [0.1, 0.15) is 4.88 Å². The molecule has 1 N–H and O–H groups in total. The van der Waals surface area contributed by atoms with Crippen LogP contribution >= 0.6 is 11.3 Å². The number of hydrogen-bond acceptors (Lipinski definition) is 3. The van der Waals surface area contributed by atoms with Gasteiger partial charge in [0.15, 0.2) is 0 Å². The number of halogens is 2. The highest BCUT2D eigenvalue weighted by atomic mass is 32.1. The van der Waals surface area contributed by atoms with Crippen LogP contribution in [0.2, 0.25) is 0 Å². The summed E-state index contributed by atoms with van der Waals surface area (Å²) in [5.41, 5.74) is 0.608. The molecule has 0 unspecified atom stereocenters. The molecule has 0 atom stereocenters. The lowest BCUT2D eigenvalue weighted by Gasteiger charge is -2.16. The summed E-state index contributed by atoms with van der Waals surface area (Å²) in [6.07, 6.45) is -2.43. The van der Waals surface area contributed by atoms with Crippen LogP contribution in [0.1, 0.15) is 15.2 Å². The molecule has 19 heavy (non-hydrogen) atoms. The second-order valence-corrected chi connectivity index (χ2v) is 5.35. The lowest BCUT2D eigenvalue weighted by atomic mass is 10.1. The summed E-state index contributed by atoms with van der Waals surface area (Å²) in [6.45, 7) is -0.167. The third kappa shape index (κ3) is 3.08. The summed E-state index contributed by atoms with van der Waals surface area (Å²) >= 11 is 1.18. The van der Waals surface area contributed by atoms with E-state index in [0.717, 1.165) is 10.1 Å². The van der Waals surface area contributed by atoms with Crippen LogP contribution in [0.3, 0.4) is 0 Å². The van der Waals surface area contributed by atoms with Crippen LogP contribution < -0.4 is 0 Å². The van der Waals surface area contributed by atoms with Crippen LogP contribution in [0, 0.1) is 0 Å². The molecule has 0 saturated heterocycles. The Morgan fingerprint density at radius 3 is 2.74 bits per heavy atom. The molecule has 1 aromatic carbocycles. The minimum absolute atomic E-state index is 0.204. The average Bonchev–Trinajstić information content (AvgIpc) is 2.67. The summed E-state index contributed by atoms with van der Waals surface area (Å²) in [5.74, 6) is -1.01. The first-order chi connectivity index (χ1) is 8.99. The molecule has 3 nitrogen and oxygen atoms in total. The number of carboxylic acids is 1. The molecule has 0 saturated carbocycles. The van der Waals surface area contributed by atoms with E-state index in [1.807, 2.05) is 24.3 Å². The number of rotatable bonds is 5. The van der Waals surface area contributed by atoms with E-state index < -0.39 is 12.4 Å². The van der Waals surface area contributed by atoms with Gasteiger partial charge in [-0.2, -0.15) is 0 Å². The number of alkyl halides is 2. The van der Waals surface area contributed by atoms with Crippen molar-refractivity contribution in [3.63, 3.8) is 0 Å². The minimum atomic E-state index is -2.43. The van der Waals surface area contributed by atoms with E-state index in [-0.39, 0.29) is 18.0 Å². The Morgan fingerprint density at radius 2 is 2.11 bits per heavy atom. The van der Waals surface area contributed by atoms with Gasteiger partial charge in [-0.25, -0.2) is 13.6 Å². The molecule has 1 heterocycles. The van der Waals surface area contributed by atoms with E-state index in [1.165, 1.54) is 16.2 Å². The number of carbonyl (C=O) groups is 1. The standard InChI is InChI=1S/C13H13F2NO2S/c1-16(7-11(14)15)6-9-8-4-2-3-5-10(8)19-12(9)13(17)18/h2-5,11H,6-7H2,1H3,(H,17,18). The lowest BCUT2D eigenvalue weighted by Crippen LogP contribution is -2.24. The zero-order valence-electron chi connectivity index (χ0n) is 10.3. The monoisotopic (exact) mass is 285 g/mol. The third-order valence-electron chi connectivity index (χ3n) is 2.77. The molecule has 6 heteroatoms. The first-order valence-electron chi connectivity index (χ1n) is 5.69. The van der Waals surface area contributed by atoms with Crippen LogP contribution in [0.15, 0.2) is 24.3 Å². The maximum Gasteiger partial charge on any atom is 0.346 e. The van der Waals surface area contributed by atoms with Gasteiger partial charge in [0.25, 0.3) is 6.43 Å². The molecule has 0 spiro atoms. The second-order valence-electron chi connectivity index (χ2n) is 4.30. The highest BCUT2D eigenvalue weighted by Crippen LogP contribution is 2.32. The van der Waals surface area contributed by atoms with Crippen molar-refractivity contribution >= 4 is 27.4 Å². The van der Waals surface area contributed by atoms with E-state index in [2.05, 4.69) is 0 Å². The highest BCUT2D eigenvalue weighted by Gasteiger charge is 2.19. The summed E-state index contributed by atoms with van der Waals surface area (Å²) in [7, 11) is 1.56. The van der Waals surface area contributed by atoms with Crippen LogP contribution in [-0.4, -0.2) is 36.0 Å². The predicted octanol–water partition coefficient (Wildman–Crippen LogP) is 3.30. The zero-order valence-corrected chi connectivity index (χ0v) is 11.1. The van der Waals surface area contributed by atoms with Crippen molar-refractivity contribution < 1.29 is 18.7 Å². The fourth-order valence-electron chi connectivity index (χ4n) is 2.00. The summed E-state index contributed by atoms with van der Waals surface area (Å²) < 4.78 is 25.5. The van der Waals surface area contributed by atoms with Crippen molar-refractivity contribution in [1.29, 1.82) is 0 Å². The second kappa shape index (κ2) is 5.63. The van der Waals surface area contributed by atoms with Crippen molar-refractivity contribution in [1.82, 2.24) is 4.90 Å². The molecule has 102 valence electrons. The molecule has 0 aliphatic rings. The van der Waals surface area contributed by atoms with E-state index in [0.29, 0.717) is 5.56 Å². The number of carboxylic acid groups (broad SMARTS) is 1. The highest BCUT2D eigenvalue weighted by molar-refractivity contribution is 7.21. The Balaban J connectivity index is 2.39. The Labute approximate surface area is 113 Å². The first kappa shape index (κ1) is 13.9. The van der Waals surface area contributed by atoms with E-state index in [4.69, 9.17) is 0 Å². The molecule has 0 radical (unpaired) electrons. The van der Waals surface area contributed by atoms with Gasteiger partial charge in [-0.1, -0.05) is 18.2 Å². The Kier molecular flexibility index (Phi) is 4.11. The SMILES string of the molecule is CN(Cc1c(C(=O)O)sc2ccccc12)CC(F)F. The smallest absolute Gasteiger partial charge is 0.346 e. The maximum atomic E-state index is 12.3. The fourth-order valence-corrected chi connectivity index (χ4v) is 3.05. The van der Waals surface area contributed by atoms with Gasteiger partial charge in [0.05, 0.1) is 6.54 Å².